The van der Waals surface area contributed by atoms with Crippen LogP contribution in [0.25, 0.3) is 11.1 Å². The molecule has 0 saturated carbocycles. The van der Waals surface area contributed by atoms with E-state index in [0.29, 0.717) is 0 Å². The van der Waals surface area contributed by atoms with Crippen molar-refractivity contribution in [1.82, 2.24) is 0 Å². The predicted octanol–water partition coefficient (Wildman–Crippen LogP) is 4.14. The van der Waals surface area contributed by atoms with E-state index in [9.17, 15) is 21.6 Å². The van der Waals surface area contributed by atoms with Gasteiger partial charge in [0.1, 0.15) is 0 Å². The number of sulfone groups is 1. The lowest BCUT2D eigenvalue weighted by molar-refractivity contribution is -0.137. The highest BCUT2D eigenvalue weighted by Gasteiger charge is 2.34. The summed E-state index contributed by atoms with van der Waals surface area (Å²) in [7, 11) is -3.40. The molecule has 0 N–H and O–H groups in total. The minimum absolute atomic E-state index is 0.0406. The Kier molecular flexibility index (Phi) is 4.35. The van der Waals surface area contributed by atoms with Gasteiger partial charge in [-0.2, -0.15) is 17.5 Å². The summed E-state index contributed by atoms with van der Waals surface area (Å²) in [6.45, 7) is 0. The van der Waals surface area contributed by atoms with Crippen LogP contribution >= 0.6 is 0 Å². The zero-order chi connectivity index (χ0) is 16.5. The molecule has 0 aliphatic carbocycles. The molecule has 0 atom stereocenters. The van der Waals surface area contributed by atoms with Gasteiger partial charge in [0, 0.05) is 18.7 Å². The first-order valence-corrected chi connectivity index (χ1v) is 8.23. The lowest BCUT2D eigenvalue weighted by Crippen LogP contribution is -2.07. The van der Waals surface area contributed by atoms with Crippen LogP contribution in [0.5, 0.6) is 0 Å². The van der Waals surface area contributed by atoms with Gasteiger partial charge < -0.3 is 0 Å². The van der Waals surface area contributed by atoms with Crippen molar-refractivity contribution < 1.29 is 21.6 Å². The zero-order valence-corrected chi connectivity index (χ0v) is 12.9. The van der Waals surface area contributed by atoms with Crippen LogP contribution in [-0.4, -0.2) is 14.7 Å². The average Bonchev–Trinajstić information content (AvgIpc) is 2.45. The minimum Gasteiger partial charge on any atom is -0.224 e. The van der Waals surface area contributed by atoms with E-state index in [-0.39, 0.29) is 21.7 Å². The third kappa shape index (κ3) is 3.50. The van der Waals surface area contributed by atoms with Crippen LogP contribution < -0.4 is 0 Å². The van der Waals surface area contributed by atoms with E-state index in [1.807, 2.05) is 0 Å². The van der Waals surface area contributed by atoms with Gasteiger partial charge in [0.25, 0.3) is 0 Å². The molecule has 2 aromatic carbocycles. The van der Waals surface area contributed by atoms with Crippen LogP contribution in [0.15, 0.2) is 51.7 Å². The molecule has 0 heterocycles. The third-order valence-corrected chi connectivity index (χ3v) is 4.35. The molecular formula is C14H10F3NO2S2. The van der Waals surface area contributed by atoms with Crippen molar-refractivity contribution >= 4 is 27.9 Å². The second-order valence-corrected chi connectivity index (χ2v) is 6.81. The van der Waals surface area contributed by atoms with Crippen molar-refractivity contribution in [2.24, 2.45) is 4.36 Å². The molecule has 22 heavy (non-hydrogen) atoms. The standard InChI is InChI=1S/C14H10F3NO2S2/c1-22(19,20)11-5-2-9(3-6-11)12-7-4-10(18-21)8-13(12)14(15,16)17/h2-8H,1H3. The van der Waals surface area contributed by atoms with Gasteiger partial charge in [-0.25, -0.2) is 8.42 Å². The van der Waals surface area contributed by atoms with E-state index in [0.717, 1.165) is 12.3 Å². The lowest BCUT2D eigenvalue weighted by atomic mass is 9.99. The van der Waals surface area contributed by atoms with Gasteiger partial charge in [0.2, 0.25) is 0 Å². The topological polar surface area (TPSA) is 46.5 Å². The van der Waals surface area contributed by atoms with Crippen LogP contribution in [0.3, 0.4) is 0 Å². The highest BCUT2D eigenvalue weighted by Crippen LogP contribution is 2.39. The largest absolute Gasteiger partial charge is 0.417 e. The number of hydrogen-bond acceptors (Lipinski definition) is 4. The molecule has 0 spiro atoms. The summed E-state index contributed by atoms with van der Waals surface area (Å²) in [6.07, 6.45) is -3.54. The molecule has 0 unspecified atom stereocenters. The van der Waals surface area contributed by atoms with Crippen LogP contribution in [0.4, 0.5) is 18.9 Å². The molecule has 0 amide bonds. The molecule has 3 nitrogen and oxygen atoms in total. The van der Waals surface area contributed by atoms with Crippen LogP contribution in [0.1, 0.15) is 5.56 Å². The van der Waals surface area contributed by atoms with Crippen molar-refractivity contribution in [3.05, 3.63) is 48.0 Å². The molecule has 0 fully saturated rings. The van der Waals surface area contributed by atoms with Crippen molar-refractivity contribution in [3.63, 3.8) is 0 Å². The monoisotopic (exact) mass is 345 g/mol. The Morgan fingerprint density at radius 3 is 2.09 bits per heavy atom. The van der Waals surface area contributed by atoms with Gasteiger partial charge in [0.05, 0.1) is 16.1 Å². The predicted molar refractivity (Wildman–Crippen MR) is 79.4 cm³/mol. The zero-order valence-electron chi connectivity index (χ0n) is 11.3. The van der Waals surface area contributed by atoms with Gasteiger partial charge in [-0.15, -0.1) is 0 Å². The van der Waals surface area contributed by atoms with Crippen LogP contribution in [0.2, 0.25) is 0 Å². The van der Waals surface area contributed by atoms with Crippen molar-refractivity contribution in [3.8, 4) is 11.1 Å². The first-order chi connectivity index (χ1) is 10.1. The summed E-state index contributed by atoms with van der Waals surface area (Å²) in [5.74, 6) is 0. The highest BCUT2D eigenvalue weighted by atomic mass is 32.2. The van der Waals surface area contributed by atoms with E-state index < -0.39 is 21.6 Å². The molecule has 0 saturated heterocycles. The molecule has 2 aromatic rings. The normalized spacial score (nSPS) is 12.2. The maximum atomic E-state index is 13.1. The van der Waals surface area contributed by atoms with Crippen LogP contribution in [0, 0.1) is 0 Å². The van der Waals surface area contributed by atoms with Gasteiger partial charge in [-0.3, -0.25) is 0 Å². The second-order valence-electron chi connectivity index (χ2n) is 4.62. The summed E-state index contributed by atoms with van der Waals surface area (Å²) >= 11 is 4.41. The van der Waals surface area contributed by atoms with Crippen molar-refractivity contribution in [2.75, 3.05) is 6.26 Å². The number of rotatable bonds is 3. The first kappa shape index (κ1) is 16.6. The van der Waals surface area contributed by atoms with Crippen molar-refractivity contribution in [2.45, 2.75) is 11.1 Å². The number of hydrogen-bond donors (Lipinski definition) is 0. The van der Waals surface area contributed by atoms with Gasteiger partial charge in [-0.05, 0) is 35.4 Å². The number of nitrogens with zero attached hydrogens (tertiary/aromatic N) is 1. The number of benzene rings is 2. The van der Waals surface area contributed by atoms with Gasteiger partial charge in [0.15, 0.2) is 9.84 Å². The van der Waals surface area contributed by atoms with E-state index in [1.54, 1.807) is 0 Å². The summed E-state index contributed by atoms with van der Waals surface area (Å²) < 4.78 is 65.5. The Labute approximate surface area is 130 Å². The molecule has 116 valence electrons. The maximum Gasteiger partial charge on any atom is 0.417 e. The molecule has 0 aromatic heterocycles. The van der Waals surface area contributed by atoms with Crippen molar-refractivity contribution in [1.29, 1.82) is 0 Å². The number of halogens is 3. The van der Waals surface area contributed by atoms with E-state index in [2.05, 4.69) is 16.8 Å². The minimum atomic E-state index is -4.57. The summed E-state index contributed by atoms with van der Waals surface area (Å²) in [4.78, 5) is 0.0435. The van der Waals surface area contributed by atoms with Gasteiger partial charge >= 0.3 is 6.18 Å². The summed E-state index contributed by atoms with van der Waals surface area (Å²) in [5.41, 5.74) is -0.630. The molecule has 2 rings (SSSR count). The fraction of sp³-hybridized carbons (Fsp3) is 0.143. The fourth-order valence-corrected chi connectivity index (χ4v) is 2.70. The van der Waals surface area contributed by atoms with E-state index >= 15 is 0 Å². The third-order valence-electron chi connectivity index (χ3n) is 3.01. The Morgan fingerprint density at radius 2 is 1.64 bits per heavy atom. The first-order valence-electron chi connectivity index (χ1n) is 5.98. The molecule has 8 heteroatoms. The lowest BCUT2D eigenvalue weighted by Gasteiger charge is -2.13. The quantitative estimate of drug-likeness (QED) is 0.840. The molecule has 0 aliphatic heterocycles. The molecule has 0 aliphatic rings. The molecule has 0 radical (unpaired) electrons. The smallest absolute Gasteiger partial charge is 0.224 e. The van der Waals surface area contributed by atoms with E-state index in [4.69, 9.17) is 0 Å². The Bertz CT molecular complexity index is 813. The molecule has 0 bridgehead atoms. The molecular weight excluding hydrogens is 335 g/mol. The Hall–Kier alpha value is -1.80. The van der Waals surface area contributed by atoms with Gasteiger partial charge in [-0.1, -0.05) is 18.2 Å². The Balaban J connectivity index is 2.60. The summed E-state index contributed by atoms with van der Waals surface area (Å²) in [5, 5.41) is 0. The highest BCUT2D eigenvalue weighted by molar-refractivity contribution is 7.90. The average molecular weight is 345 g/mol. The SMILES string of the molecule is CS(=O)(=O)c1ccc(-c2ccc(N=S)cc2C(F)(F)F)cc1. The Morgan fingerprint density at radius 1 is 1.05 bits per heavy atom. The second kappa shape index (κ2) is 5.77. The fourth-order valence-electron chi connectivity index (χ4n) is 1.96. The maximum absolute atomic E-state index is 13.1. The van der Waals surface area contributed by atoms with E-state index in [1.165, 1.54) is 36.4 Å². The van der Waals surface area contributed by atoms with Crippen LogP contribution in [-0.2, 0) is 28.4 Å². The number of alkyl halides is 3. The summed E-state index contributed by atoms with van der Waals surface area (Å²) in [6, 6.07) is 8.74.